The van der Waals surface area contributed by atoms with Crippen molar-refractivity contribution in [1.82, 2.24) is 20.0 Å². The van der Waals surface area contributed by atoms with Crippen LogP contribution in [0, 0.1) is 6.92 Å². The first-order chi connectivity index (χ1) is 8.65. The van der Waals surface area contributed by atoms with Crippen LogP contribution in [0.3, 0.4) is 0 Å². The van der Waals surface area contributed by atoms with Crippen molar-refractivity contribution in [2.24, 2.45) is 0 Å². The third-order valence-electron chi connectivity index (χ3n) is 3.90. The van der Waals surface area contributed by atoms with Crippen molar-refractivity contribution < 1.29 is 0 Å². The number of nitrogens with one attached hydrogen (secondary N) is 1. The minimum Gasteiger partial charge on any atom is -0.299 e. The van der Waals surface area contributed by atoms with Crippen molar-refractivity contribution in [3.8, 4) is 0 Å². The zero-order valence-corrected chi connectivity index (χ0v) is 11.9. The van der Waals surface area contributed by atoms with Crippen LogP contribution in [0.1, 0.15) is 37.6 Å². The summed E-state index contributed by atoms with van der Waals surface area (Å²) >= 11 is 0. The van der Waals surface area contributed by atoms with E-state index in [2.05, 4.69) is 40.0 Å². The molecule has 0 radical (unpaired) electrons. The minimum absolute atomic E-state index is 0.764. The van der Waals surface area contributed by atoms with Gasteiger partial charge in [-0.05, 0) is 46.3 Å². The number of likely N-dealkylation sites (tertiary alicyclic amines) is 1. The van der Waals surface area contributed by atoms with Gasteiger partial charge >= 0.3 is 0 Å². The van der Waals surface area contributed by atoms with Crippen LogP contribution in [0.15, 0.2) is 6.07 Å². The molecular weight excluding hydrogens is 224 g/mol. The Balaban J connectivity index is 1.72. The highest BCUT2D eigenvalue weighted by Gasteiger charge is 2.18. The third-order valence-corrected chi connectivity index (χ3v) is 3.90. The van der Waals surface area contributed by atoms with E-state index < -0.39 is 0 Å². The molecule has 2 rings (SSSR count). The van der Waals surface area contributed by atoms with Gasteiger partial charge in [-0.1, -0.05) is 6.42 Å². The number of nitrogens with zero attached hydrogens (tertiary/aromatic N) is 3. The van der Waals surface area contributed by atoms with Gasteiger partial charge in [0.05, 0.1) is 5.69 Å². The molecule has 1 aromatic rings. The number of aryl methyl sites for hydroxylation is 1. The molecular formula is C14H26N4. The Labute approximate surface area is 110 Å². The maximum Gasteiger partial charge on any atom is 0.0764 e. The van der Waals surface area contributed by atoms with Crippen molar-refractivity contribution in [2.45, 2.75) is 45.7 Å². The fraction of sp³-hybridized carbons (Fsp3) is 0.786. The summed E-state index contributed by atoms with van der Waals surface area (Å²) < 4.78 is 0. The molecule has 0 aliphatic carbocycles. The summed E-state index contributed by atoms with van der Waals surface area (Å²) in [7, 11) is 2.18. The number of aromatic amines is 1. The van der Waals surface area contributed by atoms with Crippen molar-refractivity contribution in [3.05, 3.63) is 17.5 Å². The van der Waals surface area contributed by atoms with Gasteiger partial charge in [-0.15, -0.1) is 0 Å². The first-order valence-electron chi connectivity index (χ1n) is 7.08. The zero-order chi connectivity index (χ0) is 13.0. The zero-order valence-electron chi connectivity index (χ0n) is 11.9. The van der Waals surface area contributed by atoms with Crippen molar-refractivity contribution in [1.29, 1.82) is 0 Å². The van der Waals surface area contributed by atoms with Crippen LogP contribution >= 0.6 is 0 Å². The Morgan fingerprint density at radius 1 is 1.50 bits per heavy atom. The van der Waals surface area contributed by atoms with Crippen molar-refractivity contribution in [2.75, 3.05) is 26.7 Å². The summed E-state index contributed by atoms with van der Waals surface area (Å²) in [5, 5.41) is 7.28. The lowest BCUT2D eigenvalue weighted by molar-refractivity contribution is 0.140. The number of hydrogen-bond donors (Lipinski definition) is 1. The SMILES string of the molecule is Cc1cc(CN(C)CCN2CCCC[C@H]2C)n[nH]1. The Morgan fingerprint density at radius 2 is 2.33 bits per heavy atom. The van der Waals surface area contributed by atoms with Crippen LogP contribution in [0.4, 0.5) is 0 Å². The van der Waals surface area contributed by atoms with Gasteiger partial charge in [0.15, 0.2) is 0 Å². The number of likely N-dealkylation sites (N-methyl/N-ethyl adjacent to an activating group) is 1. The monoisotopic (exact) mass is 250 g/mol. The standard InChI is InChI=1S/C14H26N4/c1-12-10-14(16-15-12)11-17(3)8-9-18-7-5-4-6-13(18)2/h10,13H,4-9,11H2,1-3H3,(H,15,16)/t13-/m1/s1. The molecule has 1 N–H and O–H groups in total. The molecule has 0 unspecified atom stereocenters. The quantitative estimate of drug-likeness (QED) is 0.868. The summed E-state index contributed by atoms with van der Waals surface area (Å²) in [6, 6.07) is 2.89. The van der Waals surface area contributed by atoms with E-state index in [1.54, 1.807) is 0 Å². The maximum absolute atomic E-state index is 4.29. The molecule has 18 heavy (non-hydrogen) atoms. The largest absolute Gasteiger partial charge is 0.299 e. The molecule has 1 aliphatic heterocycles. The molecule has 1 saturated heterocycles. The lowest BCUT2D eigenvalue weighted by Gasteiger charge is -2.34. The first-order valence-corrected chi connectivity index (χ1v) is 7.08. The van der Waals surface area contributed by atoms with Crippen molar-refractivity contribution >= 4 is 0 Å². The summed E-state index contributed by atoms with van der Waals surface area (Å²) in [6.45, 7) is 8.92. The topological polar surface area (TPSA) is 35.2 Å². The van der Waals surface area contributed by atoms with Crippen LogP contribution < -0.4 is 0 Å². The van der Waals surface area contributed by atoms with Gasteiger partial charge in [0.25, 0.3) is 0 Å². The molecule has 4 heteroatoms. The highest BCUT2D eigenvalue weighted by atomic mass is 15.2. The van der Waals surface area contributed by atoms with E-state index in [0.29, 0.717) is 0 Å². The third kappa shape index (κ3) is 3.82. The average molecular weight is 250 g/mol. The molecule has 0 spiro atoms. The van der Waals surface area contributed by atoms with Gasteiger partial charge in [-0.25, -0.2) is 0 Å². The second-order valence-corrected chi connectivity index (χ2v) is 5.66. The first kappa shape index (κ1) is 13.6. The highest BCUT2D eigenvalue weighted by Crippen LogP contribution is 2.15. The van der Waals surface area contributed by atoms with Crippen LogP contribution in [0.5, 0.6) is 0 Å². The molecule has 0 saturated carbocycles. The fourth-order valence-corrected chi connectivity index (χ4v) is 2.70. The highest BCUT2D eigenvalue weighted by molar-refractivity contribution is 5.06. The normalized spacial score (nSPS) is 21.7. The number of hydrogen-bond acceptors (Lipinski definition) is 3. The molecule has 0 aromatic carbocycles. The molecule has 102 valence electrons. The number of H-pyrrole nitrogens is 1. The Bertz CT molecular complexity index is 360. The second kappa shape index (κ2) is 6.34. The maximum atomic E-state index is 4.29. The summed E-state index contributed by atoms with van der Waals surface area (Å²) in [5.74, 6) is 0. The Kier molecular flexibility index (Phi) is 4.78. The van der Waals surface area contributed by atoms with E-state index >= 15 is 0 Å². The van der Waals surface area contributed by atoms with E-state index in [4.69, 9.17) is 0 Å². The van der Waals surface area contributed by atoms with Gasteiger partial charge in [0.1, 0.15) is 0 Å². The second-order valence-electron chi connectivity index (χ2n) is 5.66. The van der Waals surface area contributed by atoms with Crippen LogP contribution in [-0.4, -0.2) is 52.7 Å². The lowest BCUT2D eigenvalue weighted by Crippen LogP contribution is -2.41. The van der Waals surface area contributed by atoms with Gasteiger partial charge in [0, 0.05) is 31.4 Å². The average Bonchev–Trinajstić information content (AvgIpc) is 2.74. The molecule has 2 heterocycles. The van der Waals surface area contributed by atoms with E-state index in [1.807, 2.05) is 6.92 Å². The fourth-order valence-electron chi connectivity index (χ4n) is 2.70. The number of aromatic nitrogens is 2. The summed E-state index contributed by atoms with van der Waals surface area (Å²) in [4.78, 5) is 4.98. The summed E-state index contributed by atoms with van der Waals surface area (Å²) in [5.41, 5.74) is 2.28. The molecule has 0 bridgehead atoms. The Morgan fingerprint density at radius 3 is 3.00 bits per heavy atom. The lowest BCUT2D eigenvalue weighted by atomic mass is 10.0. The van der Waals surface area contributed by atoms with Gasteiger partial charge < -0.3 is 0 Å². The molecule has 1 atom stereocenters. The smallest absolute Gasteiger partial charge is 0.0764 e. The van der Waals surface area contributed by atoms with E-state index in [1.165, 1.54) is 32.4 Å². The number of piperidine rings is 1. The van der Waals surface area contributed by atoms with Gasteiger partial charge in [-0.2, -0.15) is 5.10 Å². The van der Waals surface area contributed by atoms with Crippen molar-refractivity contribution in [3.63, 3.8) is 0 Å². The van der Waals surface area contributed by atoms with Gasteiger partial charge in [0.2, 0.25) is 0 Å². The molecule has 1 fully saturated rings. The molecule has 1 aromatic heterocycles. The predicted octanol–water partition coefficient (Wildman–Crippen LogP) is 2.02. The van der Waals surface area contributed by atoms with E-state index in [-0.39, 0.29) is 0 Å². The van der Waals surface area contributed by atoms with E-state index in [9.17, 15) is 0 Å². The van der Waals surface area contributed by atoms with E-state index in [0.717, 1.165) is 30.5 Å². The minimum atomic E-state index is 0.764. The molecule has 1 aliphatic rings. The van der Waals surface area contributed by atoms with Crippen LogP contribution in [0.2, 0.25) is 0 Å². The Hall–Kier alpha value is -0.870. The van der Waals surface area contributed by atoms with Crippen LogP contribution in [0.25, 0.3) is 0 Å². The van der Waals surface area contributed by atoms with Gasteiger partial charge in [-0.3, -0.25) is 14.9 Å². The molecule has 4 nitrogen and oxygen atoms in total. The number of rotatable bonds is 5. The predicted molar refractivity (Wildman–Crippen MR) is 74.5 cm³/mol. The summed E-state index contributed by atoms with van der Waals surface area (Å²) in [6.07, 6.45) is 4.13. The van der Waals surface area contributed by atoms with Crippen LogP contribution in [-0.2, 0) is 6.54 Å². The molecule has 0 amide bonds.